The summed E-state index contributed by atoms with van der Waals surface area (Å²) in [5, 5.41) is 0. The summed E-state index contributed by atoms with van der Waals surface area (Å²) in [7, 11) is 2.10. The average molecular weight is 250 g/mol. The molecule has 100 valence electrons. The highest BCUT2D eigenvalue weighted by molar-refractivity contribution is 5.43. The lowest BCUT2D eigenvalue weighted by molar-refractivity contribution is 0.0771. The Balaban J connectivity index is 1.65. The molecule has 1 aliphatic rings. The van der Waals surface area contributed by atoms with Crippen LogP contribution in [-0.4, -0.2) is 44.4 Å². The quantitative estimate of drug-likeness (QED) is 0.782. The van der Waals surface area contributed by atoms with Crippen molar-refractivity contribution in [2.75, 3.05) is 39.1 Å². The van der Waals surface area contributed by atoms with Crippen LogP contribution in [0.2, 0.25) is 0 Å². The molecule has 2 N–H and O–H groups in total. The summed E-state index contributed by atoms with van der Waals surface area (Å²) < 4.78 is 11.3. The lowest BCUT2D eigenvalue weighted by atomic mass is 10.2. The minimum atomic E-state index is 0.405. The number of benzene rings is 1. The molecule has 0 bridgehead atoms. The largest absolute Gasteiger partial charge is 0.492 e. The van der Waals surface area contributed by atoms with Gasteiger partial charge >= 0.3 is 0 Å². The summed E-state index contributed by atoms with van der Waals surface area (Å²) in [6.07, 6.45) is 2.78. The molecule has 1 saturated heterocycles. The second kappa shape index (κ2) is 6.61. The second-order valence-corrected chi connectivity index (χ2v) is 4.82. The molecule has 1 unspecified atom stereocenters. The van der Waals surface area contributed by atoms with Gasteiger partial charge in [0.2, 0.25) is 0 Å². The molecule has 1 heterocycles. The summed E-state index contributed by atoms with van der Waals surface area (Å²) >= 11 is 0. The van der Waals surface area contributed by atoms with Crippen molar-refractivity contribution in [3.63, 3.8) is 0 Å². The maximum absolute atomic E-state index is 5.69. The van der Waals surface area contributed by atoms with Crippen LogP contribution in [0.5, 0.6) is 5.75 Å². The first-order valence-corrected chi connectivity index (χ1v) is 6.52. The number of nitrogen functional groups attached to an aromatic ring is 1. The summed E-state index contributed by atoms with van der Waals surface area (Å²) in [6, 6.07) is 7.54. The third-order valence-electron chi connectivity index (χ3n) is 3.14. The van der Waals surface area contributed by atoms with E-state index in [1.54, 1.807) is 0 Å². The zero-order valence-corrected chi connectivity index (χ0v) is 11.0. The Morgan fingerprint density at radius 3 is 3.11 bits per heavy atom. The van der Waals surface area contributed by atoms with Crippen LogP contribution in [0.1, 0.15) is 12.8 Å². The van der Waals surface area contributed by atoms with Gasteiger partial charge in [-0.1, -0.05) is 6.07 Å². The fraction of sp³-hybridized carbons (Fsp3) is 0.571. The molecule has 4 heteroatoms. The normalized spacial score (nSPS) is 19.3. The fourth-order valence-corrected chi connectivity index (χ4v) is 2.15. The zero-order chi connectivity index (χ0) is 12.8. The topological polar surface area (TPSA) is 47.7 Å². The number of nitrogens with zero attached hydrogens (tertiary/aromatic N) is 1. The maximum Gasteiger partial charge on any atom is 0.121 e. The first-order chi connectivity index (χ1) is 8.74. The van der Waals surface area contributed by atoms with Crippen LogP contribution in [0.4, 0.5) is 5.69 Å². The molecule has 0 aliphatic carbocycles. The molecule has 1 aliphatic heterocycles. The number of nitrogens with two attached hydrogens (primary N) is 1. The number of likely N-dealkylation sites (N-methyl/N-ethyl adjacent to an activating group) is 1. The summed E-state index contributed by atoms with van der Waals surface area (Å²) in [6.45, 7) is 3.47. The third-order valence-corrected chi connectivity index (χ3v) is 3.14. The van der Waals surface area contributed by atoms with Crippen LogP contribution in [0.25, 0.3) is 0 Å². The Kier molecular flexibility index (Phi) is 4.84. The number of ether oxygens (including phenoxy) is 2. The molecule has 0 radical (unpaired) electrons. The van der Waals surface area contributed by atoms with Crippen molar-refractivity contribution in [1.82, 2.24) is 4.90 Å². The number of rotatable bonds is 6. The van der Waals surface area contributed by atoms with E-state index in [0.29, 0.717) is 12.7 Å². The summed E-state index contributed by atoms with van der Waals surface area (Å²) in [5.41, 5.74) is 6.43. The smallest absolute Gasteiger partial charge is 0.121 e. The number of anilines is 1. The van der Waals surface area contributed by atoms with Gasteiger partial charge in [0.05, 0.1) is 6.10 Å². The Morgan fingerprint density at radius 1 is 1.50 bits per heavy atom. The van der Waals surface area contributed by atoms with E-state index in [9.17, 15) is 0 Å². The van der Waals surface area contributed by atoms with Gasteiger partial charge in [-0.3, -0.25) is 0 Å². The van der Waals surface area contributed by atoms with E-state index in [1.165, 1.54) is 12.8 Å². The zero-order valence-electron chi connectivity index (χ0n) is 11.0. The molecule has 1 aromatic rings. The Hall–Kier alpha value is -1.26. The van der Waals surface area contributed by atoms with Crippen LogP contribution < -0.4 is 10.5 Å². The minimum absolute atomic E-state index is 0.405. The Labute approximate surface area is 109 Å². The van der Waals surface area contributed by atoms with E-state index in [1.807, 2.05) is 24.3 Å². The van der Waals surface area contributed by atoms with Gasteiger partial charge < -0.3 is 20.1 Å². The highest BCUT2D eigenvalue weighted by Gasteiger charge is 2.16. The molecular formula is C14H22N2O2. The standard InChI is InChI=1S/C14H22N2O2/c1-16(11-14-6-3-8-17-14)7-9-18-13-5-2-4-12(15)10-13/h2,4-5,10,14H,3,6-9,11,15H2,1H3. The average Bonchev–Trinajstić information content (AvgIpc) is 2.82. The van der Waals surface area contributed by atoms with Crippen molar-refractivity contribution < 1.29 is 9.47 Å². The molecule has 1 atom stereocenters. The Bertz CT molecular complexity index is 365. The lowest BCUT2D eigenvalue weighted by Gasteiger charge is -2.20. The van der Waals surface area contributed by atoms with Gasteiger partial charge in [-0.15, -0.1) is 0 Å². The van der Waals surface area contributed by atoms with Crippen molar-refractivity contribution in [3.05, 3.63) is 24.3 Å². The second-order valence-electron chi connectivity index (χ2n) is 4.82. The highest BCUT2D eigenvalue weighted by Crippen LogP contribution is 2.15. The van der Waals surface area contributed by atoms with Crippen molar-refractivity contribution in [1.29, 1.82) is 0 Å². The predicted octanol–water partition coefficient (Wildman–Crippen LogP) is 1.76. The third kappa shape index (κ3) is 4.20. The number of hydrogen-bond donors (Lipinski definition) is 1. The van der Waals surface area contributed by atoms with Gasteiger partial charge in [0.15, 0.2) is 0 Å². The first-order valence-electron chi connectivity index (χ1n) is 6.52. The van der Waals surface area contributed by atoms with E-state index >= 15 is 0 Å². The van der Waals surface area contributed by atoms with Crippen molar-refractivity contribution >= 4 is 5.69 Å². The van der Waals surface area contributed by atoms with Crippen LogP contribution >= 0.6 is 0 Å². The van der Waals surface area contributed by atoms with Crippen LogP contribution in [0, 0.1) is 0 Å². The van der Waals surface area contributed by atoms with Crippen molar-refractivity contribution in [2.24, 2.45) is 0 Å². The molecule has 1 fully saturated rings. The molecule has 1 aromatic carbocycles. The van der Waals surface area contributed by atoms with E-state index in [-0.39, 0.29) is 0 Å². The number of hydrogen-bond acceptors (Lipinski definition) is 4. The first kappa shape index (κ1) is 13.2. The molecule has 2 rings (SSSR count). The van der Waals surface area contributed by atoms with Gasteiger partial charge in [-0.05, 0) is 32.0 Å². The highest BCUT2D eigenvalue weighted by atomic mass is 16.5. The molecule has 0 spiro atoms. The van der Waals surface area contributed by atoms with Crippen molar-refractivity contribution in [3.8, 4) is 5.75 Å². The molecule has 0 saturated carbocycles. The van der Waals surface area contributed by atoms with Gasteiger partial charge in [0.1, 0.15) is 12.4 Å². The summed E-state index contributed by atoms with van der Waals surface area (Å²) in [4.78, 5) is 2.25. The molecule has 4 nitrogen and oxygen atoms in total. The van der Waals surface area contributed by atoms with E-state index in [2.05, 4.69) is 11.9 Å². The maximum atomic E-state index is 5.69. The van der Waals surface area contributed by atoms with E-state index in [0.717, 1.165) is 31.1 Å². The summed E-state index contributed by atoms with van der Waals surface area (Å²) in [5.74, 6) is 0.834. The minimum Gasteiger partial charge on any atom is -0.492 e. The molecule has 0 amide bonds. The van der Waals surface area contributed by atoms with E-state index in [4.69, 9.17) is 15.2 Å². The van der Waals surface area contributed by atoms with Gasteiger partial charge in [0, 0.05) is 31.5 Å². The van der Waals surface area contributed by atoms with Gasteiger partial charge in [0.25, 0.3) is 0 Å². The molecule has 18 heavy (non-hydrogen) atoms. The predicted molar refractivity (Wildman–Crippen MR) is 72.8 cm³/mol. The fourth-order valence-electron chi connectivity index (χ4n) is 2.15. The SMILES string of the molecule is CN(CCOc1cccc(N)c1)CC1CCCO1. The van der Waals surface area contributed by atoms with E-state index < -0.39 is 0 Å². The molecule has 0 aromatic heterocycles. The molecular weight excluding hydrogens is 228 g/mol. The van der Waals surface area contributed by atoms with Crippen molar-refractivity contribution in [2.45, 2.75) is 18.9 Å². The van der Waals surface area contributed by atoms with Crippen LogP contribution in [-0.2, 0) is 4.74 Å². The lowest BCUT2D eigenvalue weighted by Crippen LogP contribution is -2.32. The van der Waals surface area contributed by atoms with Gasteiger partial charge in [-0.25, -0.2) is 0 Å². The van der Waals surface area contributed by atoms with Crippen LogP contribution in [0.3, 0.4) is 0 Å². The van der Waals surface area contributed by atoms with Crippen LogP contribution in [0.15, 0.2) is 24.3 Å². The monoisotopic (exact) mass is 250 g/mol. The Morgan fingerprint density at radius 2 is 2.39 bits per heavy atom. The van der Waals surface area contributed by atoms with Gasteiger partial charge in [-0.2, -0.15) is 0 Å².